The Bertz CT molecular complexity index is 947. The third-order valence-electron chi connectivity index (χ3n) is 4.79. The van der Waals surface area contributed by atoms with E-state index in [1.54, 1.807) is 24.2 Å². The van der Waals surface area contributed by atoms with Crippen LogP contribution in [0.4, 0.5) is 5.69 Å². The maximum absolute atomic E-state index is 12.7. The summed E-state index contributed by atoms with van der Waals surface area (Å²) in [5, 5.41) is 10.7. The molecule has 0 aliphatic carbocycles. The lowest BCUT2D eigenvalue weighted by Gasteiger charge is -2.20. The molecule has 0 spiro atoms. The van der Waals surface area contributed by atoms with Crippen molar-refractivity contribution in [1.82, 2.24) is 15.1 Å². The van der Waals surface area contributed by atoms with Gasteiger partial charge >= 0.3 is 0 Å². The summed E-state index contributed by atoms with van der Waals surface area (Å²) in [4.78, 5) is 12.7. The van der Waals surface area contributed by atoms with Crippen LogP contribution >= 0.6 is 0 Å². The lowest BCUT2D eigenvalue weighted by molar-refractivity contribution is 0.102. The highest BCUT2D eigenvalue weighted by molar-refractivity contribution is 6.04. The number of nitrogens with one attached hydrogen (secondary N) is 2. The molecule has 0 atom stereocenters. The van der Waals surface area contributed by atoms with Gasteiger partial charge in [0.25, 0.3) is 5.91 Å². The SMILES string of the molecule is COc1ccc(Cn2cc(C(=O)Nc3cccc4c3CCNC4)cn2)cc1. The van der Waals surface area contributed by atoms with Crippen LogP contribution < -0.4 is 15.4 Å². The number of nitrogens with zero attached hydrogens (tertiary/aromatic N) is 2. The van der Waals surface area contributed by atoms with Gasteiger partial charge in [-0.05, 0) is 47.9 Å². The number of hydrogen-bond donors (Lipinski definition) is 2. The van der Waals surface area contributed by atoms with Crippen LogP contribution in [0.15, 0.2) is 54.9 Å². The van der Waals surface area contributed by atoms with Gasteiger partial charge in [0, 0.05) is 18.4 Å². The van der Waals surface area contributed by atoms with E-state index in [-0.39, 0.29) is 5.91 Å². The fourth-order valence-electron chi connectivity index (χ4n) is 3.33. The Morgan fingerprint density at radius 3 is 2.93 bits per heavy atom. The molecule has 0 saturated carbocycles. The molecule has 2 heterocycles. The van der Waals surface area contributed by atoms with Gasteiger partial charge in [-0.3, -0.25) is 9.48 Å². The van der Waals surface area contributed by atoms with Crippen LogP contribution in [0.1, 0.15) is 27.0 Å². The Balaban J connectivity index is 1.46. The number of amides is 1. The lowest BCUT2D eigenvalue weighted by Crippen LogP contribution is -2.25. The zero-order valence-electron chi connectivity index (χ0n) is 15.2. The van der Waals surface area contributed by atoms with Crippen molar-refractivity contribution in [2.24, 2.45) is 0 Å². The Morgan fingerprint density at radius 1 is 1.26 bits per heavy atom. The van der Waals surface area contributed by atoms with Gasteiger partial charge in [0.05, 0.1) is 25.4 Å². The minimum Gasteiger partial charge on any atom is -0.497 e. The third-order valence-corrected chi connectivity index (χ3v) is 4.79. The molecule has 2 N–H and O–H groups in total. The van der Waals surface area contributed by atoms with Gasteiger partial charge in [0.2, 0.25) is 0 Å². The fraction of sp³-hybridized carbons (Fsp3) is 0.238. The van der Waals surface area contributed by atoms with Crippen LogP contribution in [0.2, 0.25) is 0 Å². The van der Waals surface area contributed by atoms with Crippen molar-refractivity contribution in [1.29, 1.82) is 0 Å². The highest BCUT2D eigenvalue weighted by Gasteiger charge is 2.15. The van der Waals surface area contributed by atoms with Gasteiger partial charge in [-0.25, -0.2) is 0 Å². The highest BCUT2D eigenvalue weighted by Crippen LogP contribution is 2.23. The Hall–Kier alpha value is -3.12. The Kier molecular flexibility index (Phi) is 4.89. The number of hydrogen-bond acceptors (Lipinski definition) is 4. The molecule has 4 rings (SSSR count). The van der Waals surface area contributed by atoms with E-state index in [2.05, 4.69) is 21.8 Å². The molecule has 0 unspecified atom stereocenters. The number of carbonyl (C=O) groups excluding carboxylic acids is 1. The first-order valence-corrected chi connectivity index (χ1v) is 9.01. The first-order valence-electron chi connectivity index (χ1n) is 9.01. The third kappa shape index (κ3) is 3.85. The predicted octanol–water partition coefficient (Wildman–Crippen LogP) is 2.84. The van der Waals surface area contributed by atoms with Crippen molar-refractivity contribution in [2.75, 3.05) is 19.0 Å². The number of rotatable bonds is 5. The summed E-state index contributed by atoms with van der Waals surface area (Å²) in [6.07, 6.45) is 4.30. The normalized spacial score (nSPS) is 13.1. The molecule has 0 bridgehead atoms. The van der Waals surface area contributed by atoms with Gasteiger partial charge in [-0.1, -0.05) is 24.3 Å². The molecular formula is C21H22N4O2. The average molecular weight is 362 g/mol. The van der Waals surface area contributed by atoms with E-state index in [1.807, 2.05) is 36.4 Å². The van der Waals surface area contributed by atoms with E-state index in [1.165, 1.54) is 11.1 Å². The van der Waals surface area contributed by atoms with E-state index in [0.29, 0.717) is 12.1 Å². The van der Waals surface area contributed by atoms with E-state index in [0.717, 1.165) is 36.5 Å². The maximum atomic E-state index is 12.7. The maximum Gasteiger partial charge on any atom is 0.258 e. The van der Waals surface area contributed by atoms with Crippen LogP contribution in [0.5, 0.6) is 5.75 Å². The van der Waals surface area contributed by atoms with Crippen molar-refractivity contribution in [3.63, 3.8) is 0 Å². The largest absolute Gasteiger partial charge is 0.497 e. The van der Waals surface area contributed by atoms with Crippen LogP contribution in [0.25, 0.3) is 0 Å². The van der Waals surface area contributed by atoms with Crippen molar-refractivity contribution >= 4 is 11.6 Å². The molecule has 138 valence electrons. The summed E-state index contributed by atoms with van der Waals surface area (Å²) in [6.45, 7) is 2.38. The van der Waals surface area contributed by atoms with E-state index < -0.39 is 0 Å². The van der Waals surface area contributed by atoms with Gasteiger partial charge in [-0.15, -0.1) is 0 Å². The monoisotopic (exact) mass is 362 g/mol. The average Bonchev–Trinajstić information content (AvgIpc) is 3.17. The zero-order chi connectivity index (χ0) is 18.6. The quantitative estimate of drug-likeness (QED) is 0.732. The fourth-order valence-corrected chi connectivity index (χ4v) is 3.33. The minimum atomic E-state index is -0.136. The molecule has 6 heteroatoms. The van der Waals surface area contributed by atoms with Gasteiger partial charge in [-0.2, -0.15) is 5.10 Å². The summed E-state index contributed by atoms with van der Waals surface area (Å²) in [6, 6.07) is 13.9. The molecule has 3 aromatic rings. The molecule has 1 amide bonds. The number of aromatic nitrogens is 2. The highest BCUT2D eigenvalue weighted by atomic mass is 16.5. The number of carbonyl (C=O) groups is 1. The predicted molar refractivity (Wildman–Crippen MR) is 104 cm³/mol. The number of methoxy groups -OCH3 is 1. The Morgan fingerprint density at radius 2 is 2.11 bits per heavy atom. The molecule has 27 heavy (non-hydrogen) atoms. The number of fused-ring (bicyclic) bond motifs is 1. The molecule has 0 fully saturated rings. The number of anilines is 1. The topological polar surface area (TPSA) is 68.2 Å². The van der Waals surface area contributed by atoms with Crippen LogP contribution in [-0.2, 0) is 19.5 Å². The molecule has 1 aliphatic heterocycles. The molecular weight excluding hydrogens is 340 g/mol. The van der Waals surface area contributed by atoms with Crippen LogP contribution in [0.3, 0.4) is 0 Å². The summed E-state index contributed by atoms with van der Waals surface area (Å²) < 4.78 is 6.94. The molecule has 6 nitrogen and oxygen atoms in total. The second kappa shape index (κ2) is 7.63. The van der Waals surface area contributed by atoms with Crippen molar-refractivity contribution in [3.05, 3.63) is 77.1 Å². The standard InChI is InChI=1S/C21H22N4O2/c1-27-18-7-5-15(6-8-18)13-25-14-17(12-23-25)21(26)24-20-4-2-3-16-11-22-10-9-19(16)20/h2-8,12,14,22H,9-11,13H2,1H3,(H,24,26). The summed E-state index contributed by atoms with van der Waals surface area (Å²) in [7, 11) is 1.65. The first-order chi connectivity index (χ1) is 13.2. The van der Waals surface area contributed by atoms with Crippen molar-refractivity contribution in [3.8, 4) is 5.75 Å². The smallest absolute Gasteiger partial charge is 0.258 e. The molecule has 2 aromatic carbocycles. The van der Waals surface area contributed by atoms with Crippen LogP contribution in [0, 0.1) is 0 Å². The molecule has 1 aromatic heterocycles. The van der Waals surface area contributed by atoms with Crippen LogP contribution in [-0.4, -0.2) is 29.3 Å². The Labute approximate surface area is 158 Å². The summed E-state index contributed by atoms with van der Waals surface area (Å²) in [5.41, 5.74) is 5.00. The van der Waals surface area contributed by atoms with Gasteiger partial charge in [0.15, 0.2) is 0 Å². The van der Waals surface area contributed by atoms with E-state index >= 15 is 0 Å². The summed E-state index contributed by atoms with van der Waals surface area (Å²) in [5.74, 6) is 0.684. The molecule has 0 radical (unpaired) electrons. The molecule has 0 saturated heterocycles. The summed E-state index contributed by atoms with van der Waals surface area (Å²) >= 11 is 0. The van der Waals surface area contributed by atoms with E-state index in [4.69, 9.17) is 4.74 Å². The second-order valence-corrected chi connectivity index (χ2v) is 6.60. The van der Waals surface area contributed by atoms with E-state index in [9.17, 15) is 4.79 Å². The lowest BCUT2D eigenvalue weighted by atomic mass is 9.99. The van der Waals surface area contributed by atoms with Gasteiger partial charge in [0.1, 0.15) is 5.75 Å². The number of ether oxygens (including phenoxy) is 1. The molecule has 1 aliphatic rings. The van der Waals surface area contributed by atoms with Crippen molar-refractivity contribution in [2.45, 2.75) is 19.5 Å². The zero-order valence-corrected chi connectivity index (χ0v) is 15.2. The minimum absolute atomic E-state index is 0.136. The van der Waals surface area contributed by atoms with Crippen molar-refractivity contribution < 1.29 is 9.53 Å². The number of benzene rings is 2. The first kappa shape index (κ1) is 17.3. The second-order valence-electron chi connectivity index (χ2n) is 6.60. The van der Waals surface area contributed by atoms with Gasteiger partial charge < -0.3 is 15.4 Å².